The fraction of sp³-hybridized carbons (Fsp3) is 0.0952. The largest absolute Gasteiger partial charge is 1.00 e. The Morgan fingerprint density at radius 1 is 0.857 bits per heavy atom. The van der Waals surface area contributed by atoms with Crippen LogP contribution in [0.4, 0.5) is 0 Å². The van der Waals surface area contributed by atoms with Gasteiger partial charge in [-0.05, 0) is 49.7 Å². The Labute approximate surface area is 186 Å². The summed E-state index contributed by atoms with van der Waals surface area (Å²) in [5.41, 5.74) is 2.72. The molecule has 0 aliphatic carbocycles. The number of aryl methyl sites for hydroxylation is 2. The second-order valence-electron chi connectivity index (χ2n) is 6.12. The van der Waals surface area contributed by atoms with Gasteiger partial charge in [0.25, 0.3) is 0 Å². The van der Waals surface area contributed by atoms with E-state index in [1.807, 2.05) is 32.0 Å². The van der Waals surface area contributed by atoms with Crippen molar-refractivity contribution in [1.29, 1.82) is 0 Å². The molecule has 0 saturated carbocycles. The molecule has 0 aliphatic rings. The van der Waals surface area contributed by atoms with Gasteiger partial charge in [-0.1, -0.05) is 48.0 Å². The molecular weight excluding hydrogens is 386 g/mol. The van der Waals surface area contributed by atoms with E-state index in [0.29, 0.717) is 11.1 Å². The molecule has 0 radical (unpaired) electrons. The number of para-hydroxylation sites is 1. The van der Waals surface area contributed by atoms with Crippen LogP contribution in [0.1, 0.15) is 27.0 Å². The number of hydrogen-bond acceptors (Lipinski definition) is 5. The van der Waals surface area contributed by atoms with Gasteiger partial charge in [0.15, 0.2) is 5.78 Å². The van der Waals surface area contributed by atoms with E-state index in [2.05, 4.69) is 0 Å². The van der Waals surface area contributed by atoms with E-state index in [1.54, 1.807) is 30.3 Å². The maximum absolute atomic E-state index is 12.8. The Hall–Kier alpha value is -1.88. The summed E-state index contributed by atoms with van der Waals surface area (Å²) in [5.74, 6) is -0.0368. The van der Waals surface area contributed by atoms with Crippen LogP contribution in [0.5, 0.6) is 11.5 Å². The van der Waals surface area contributed by atoms with Crippen molar-refractivity contribution in [3.05, 3.63) is 95.1 Å². The van der Waals surface area contributed by atoms with Crippen LogP contribution >= 0.6 is 7.82 Å². The zero-order valence-electron chi connectivity index (χ0n) is 15.9. The average molecular weight is 404 g/mol. The van der Waals surface area contributed by atoms with E-state index in [9.17, 15) is 14.3 Å². The predicted octanol–water partition coefficient (Wildman–Crippen LogP) is 1.46. The van der Waals surface area contributed by atoms with Crippen molar-refractivity contribution < 1.29 is 52.9 Å². The molecule has 1 unspecified atom stereocenters. The molecule has 0 heterocycles. The molecule has 28 heavy (non-hydrogen) atoms. The number of ketones is 1. The van der Waals surface area contributed by atoms with Crippen LogP contribution in [0.15, 0.2) is 72.8 Å². The second-order valence-corrected chi connectivity index (χ2v) is 7.38. The third-order valence-electron chi connectivity index (χ3n) is 3.91. The summed E-state index contributed by atoms with van der Waals surface area (Å²) in [4.78, 5) is 24.9. The quantitative estimate of drug-likeness (QED) is 0.353. The maximum atomic E-state index is 12.8. The van der Waals surface area contributed by atoms with Crippen molar-refractivity contribution in [3.8, 4) is 11.5 Å². The third-order valence-corrected chi connectivity index (χ3v) is 4.78. The van der Waals surface area contributed by atoms with Crippen LogP contribution in [-0.2, 0) is 4.57 Å². The summed E-state index contributed by atoms with van der Waals surface area (Å²) in [5, 5.41) is 0. The molecule has 0 N–H and O–H groups in total. The van der Waals surface area contributed by atoms with Crippen molar-refractivity contribution in [1.82, 2.24) is 0 Å². The first kappa shape index (κ1) is 22.4. The Morgan fingerprint density at radius 3 is 2.21 bits per heavy atom. The molecule has 0 saturated heterocycles. The molecule has 0 spiro atoms. The fourth-order valence-electron chi connectivity index (χ4n) is 2.59. The predicted molar refractivity (Wildman–Crippen MR) is 101 cm³/mol. The molecule has 7 heteroatoms. The molecule has 5 nitrogen and oxygen atoms in total. The summed E-state index contributed by atoms with van der Waals surface area (Å²) in [6, 6.07) is 19.7. The van der Waals surface area contributed by atoms with Gasteiger partial charge in [-0.2, -0.15) is 0 Å². The molecule has 0 amide bonds. The van der Waals surface area contributed by atoms with Gasteiger partial charge in [-0.3, -0.25) is 4.79 Å². The molecular formula is C21H18NaO5P. The van der Waals surface area contributed by atoms with Gasteiger partial charge >= 0.3 is 37.4 Å². The normalized spacial score (nSPS) is 12.4. The van der Waals surface area contributed by atoms with E-state index in [-0.39, 0.29) is 46.8 Å². The molecule has 3 aromatic carbocycles. The number of phosphoric ester groups is 1. The second kappa shape index (κ2) is 9.55. The summed E-state index contributed by atoms with van der Waals surface area (Å²) >= 11 is 0. The molecule has 3 rings (SSSR count). The number of phosphoric acid groups is 1. The SMILES string of the molecule is Cc1ccc(C)c(C(=O)c2cccc(OP(=O)([O-])Oc3ccccc3)c2)c1.[Na+]. The first-order valence-corrected chi connectivity index (χ1v) is 9.77. The smallest absolute Gasteiger partial charge is 0.736 e. The van der Waals surface area contributed by atoms with Gasteiger partial charge in [0.2, 0.25) is 0 Å². The summed E-state index contributed by atoms with van der Waals surface area (Å²) in [6.07, 6.45) is 0. The van der Waals surface area contributed by atoms with Crippen molar-refractivity contribution in [2.24, 2.45) is 0 Å². The van der Waals surface area contributed by atoms with Crippen LogP contribution in [0, 0.1) is 13.8 Å². The van der Waals surface area contributed by atoms with Crippen molar-refractivity contribution >= 4 is 13.6 Å². The molecule has 3 aromatic rings. The molecule has 138 valence electrons. The van der Waals surface area contributed by atoms with Crippen molar-refractivity contribution in [2.75, 3.05) is 0 Å². The van der Waals surface area contributed by atoms with E-state index in [0.717, 1.165) is 11.1 Å². The van der Waals surface area contributed by atoms with Gasteiger partial charge < -0.3 is 13.9 Å². The zero-order valence-corrected chi connectivity index (χ0v) is 18.8. The monoisotopic (exact) mass is 404 g/mol. The van der Waals surface area contributed by atoms with E-state index in [4.69, 9.17) is 9.05 Å². The summed E-state index contributed by atoms with van der Waals surface area (Å²) in [6.45, 7) is 3.76. The van der Waals surface area contributed by atoms with Crippen LogP contribution < -0.4 is 43.5 Å². The number of benzene rings is 3. The maximum Gasteiger partial charge on any atom is 1.00 e. The third kappa shape index (κ3) is 5.81. The van der Waals surface area contributed by atoms with E-state index < -0.39 is 7.82 Å². The molecule has 0 aromatic heterocycles. The standard InChI is InChI=1S/C21H19O5P.Na/c1-15-11-12-16(2)20(13-15)21(22)17-7-6-10-19(14-17)26-27(23,24)25-18-8-4-3-5-9-18;/h3-14H,1-2H3,(H,23,24);/q;+1/p-1. The van der Waals surface area contributed by atoms with Crippen LogP contribution in [0.2, 0.25) is 0 Å². The van der Waals surface area contributed by atoms with Crippen molar-refractivity contribution in [2.45, 2.75) is 13.8 Å². The Kier molecular flexibility index (Phi) is 7.64. The van der Waals surface area contributed by atoms with E-state index >= 15 is 0 Å². The number of hydrogen-bond donors (Lipinski definition) is 0. The zero-order chi connectivity index (χ0) is 19.4. The molecule has 0 bridgehead atoms. The topological polar surface area (TPSA) is 75.7 Å². The fourth-order valence-corrected chi connectivity index (χ4v) is 3.38. The summed E-state index contributed by atoms with van der Waals surface area (Å²) < 4.78 is 22.0. The Morgan fingerprint density at radius 2 is 1.50 bits per heavy atom. The Balaban J connectivity index is 0.00000280. The van der Waals surface area contributed by atoms with Gasteiger partial charge in [-0.25, -0.2) is 4.57 Å². The Bertz CT molecular complexity index is 1020. The minimum absolute atomic E-state index is 0. The van der Waals surface area contributed by atoms with Gasteiger partial charge in [0.1, 0.15) is 11.5 Å². The number of rotatable bonds is 6. The number of carbonyl (C=O) groups is 1. The number of carbonyl (C=O) groups excluding carboxylic acids is 1. The summed E-state index contributed by atoms with van der Waals surface area (Å²) in [7, 11) is -4.64. The van der Waals surface area contributed by atoms with E-state index in [1.165, 1.54) is 24.3 Å². The molecule has 0 fully saturated rings. The van der Waals surface area contributed by atoms with Crippen molar-refractivity contribution in [3.63, 3.8) is 0 Å². The first-order chi connectivity index (χ1) is 12.8. The minimum atomic E-state index is -4.64. The van der Waals surface area contributed by atoms with Crippen LogP contribution in [0.25, 0.3) is 0 Å². The van der Waals surface area contributed by atoms with Gasteiger partial charge in [-0.15, -0.1) is 0 Å². The molecule has 0 aliphatic heterocycles. The molecule has 1 atom stereocenters. The first-order valence-electron chi connectivity index (χ1n) is 8.31. The van der Waals surface area contributed by atoms with Crippen LogP contribution in [-0.4, -0.2) is 5.78 Å². The average Bonchev–Trinajstić information content (AvgIpc) is 2.63. The van der Waals surface area contributed by atoms with Crippen LogP contribution in [0.3, 0.4) is 0 Å². The van der Waals surface area contributed by atoms with Gasteiger partial charge in [0.05, 0.1) is 0 Å². The minimum Gasteiger partial charge on any atom is -0.736 e. The van der Waals surface area contributed by atoms with Gasteiger partial charge in [0, 0.05) is 11.1 Å².